The highest BCUT2D eigenvalue weighted by atomic mass is 35.5. The molecule has 110 valence electrons. The highest BCUT2D eigenvalue weighted by molar-refractivity contribution is 6.34. The summed E-state index contributed by atoms with van der Waals surface area (Å²) in [7, 11) is 1.54. The van der Waals surface area contributed by atoms with Crippen LogP contribution < -0.4 is 16.4 Å². The Hall–Kier alpha value is -1.59. The van der Waals surface area contributed by atoms with Gasteiger partial charge in [-0.15, -0.1) is 0 Å². The number of carbonyl (C=O) groups excluding carboxylic acids is 2. The molecule has 0 saturated carbocycles. The Bertz CT molecular complexity index is 505. The highest BCUT2D eigenvalue weighted by Crippen LogP contribution is 2.23. The summed E-state index contributed by atoms with van der Waals surface area (Å²) >= 11 is 6.02. The molecule has 0 fully saturated rings. The minimum Gasteiger partial charge on any atom is -0.355 e. The first kappa shape index (κ1) is 16.5. The van der Waals surface area contributed by atoms with E-state index >= 15 is 0 Å². The second-order valence-electron chi connectivity index (χ2n) is 4.67. The molecule has 0 aliphatic rings. The second-order valence-corrected chi connectivity index (χ2v) is 5.08. The molecule has 1 aromatic rings. The minimum absolute atomic E-state index is 0.0656. The van der Waals surface area contributed by atoms with Crippen molar-refractivity contribution in [3.05, 3.63) is 28.8 Å². The number of carbonyl (C=O) groups is 2. The van der Waals surface area contributed by atoms with Gasteiger partial charge in [-0.1, -0.05) is 31.9 Å². The van der Waals surface area contributed by atoms with Crippen LogP contribution in [0.15, 0.2) is 18.2 Å². The zero-order valence-electron chi connectivity index (χ0n) is 11.9. The molecule has 0 aliphatic heterocycles. The summed E-state index contributed by atoms with van der Waals surface area (Å²) in [6.45, 7) is 3.88. The number of nitrogens with one attached hydrogen (secondary N) is 2. The van der Waals surface area contributed by atoms with Gasteiger partial charge in [0.25, 0.3) is 5.91 Å². The molecular formula is C14H20ClN3O2. The number of halogens is 1. The summed E-state index contributed by atoms with van der Waals surface area (Å²) in [5, 5.41) is 5.54. The van der Waals surface area contributed by atoms with E-state index in [1.807, 2.05) is 13.8 Å². The van der Waals surface area contributed by atoms with Crippen LogP contribution in [-0.4, -0.2) is 24.9 Å². The van der Waals surface area contributed by atoms with E-state index in [4.69, 9.17) is 17.3 Å². The zero-order valence-corrected chi connectivity index (χ0v) is 12.6. The first-order valence-corrected chi connectivity index (χ1v) is 6.86. The van der Waals surface area contributed by atoms with E-state index in [2.05, 4.69) is 10.6 Å². The number of rotatable bonds is 5. The predicted octanol–water partition coefficient (Wildman–Crippen LogP) is 2.01. The summed E-state index contributed by atoms with van der Waals surface area (Å²) in [5.74, 6) is -0.491. The Morgan fingerprint density at radius 3 is 2.60 bits per heavy atom. The van der Waals surface area contributed by atoms with Gasteiger partial charge in [0.05, 0.1) is 16.8 Å². The summed E-state index contributed by atoms with van der Waals surface area (Å²) in [6, 6.07) is 4.07. The molecule has 2 amide bonds. The van der Waals surface area contributed by atoms with Crippen LogP contribution in [-0.2, 0) is 4.79 Å². The lowest BCUT2D eigenvalue weighted by atomic mass is 9.99. The summed E-state index contributed by atoms with van der Waals surface area (Å²) < 4.78 is 0. The van der Waals surface area contributed by atoms with E-state index in [-0.39, 0.29) is 17.7 Å². The molecular weight excluding hydrogens is 278 g/mol. The Morgan fingerprint density at radius 1 is 1.40 bits per heavy atom. The average molecular weight is 298 g/mol. The monoisotopic (exact) mass is 297 g/mol. The maximum absolute atomic E-state index is 12.0. The van der Waals surface area contributed by atoms with E-state index < -0.39 is 6.04 Å². The molecule has 5 nitrogen and oxygen atoms in total. The number of hydrogen-bond acceptors (Lipinski definition) is 3. The fourth-order valence-corrected chi connectivity index (χ4v) is 1.80. The van der Waals surface area contributed by atoms with Crippen LogP contribution in [0.5, 0.6) is 0 Å². The Morgan fingerprint density at radius 2 is 2.05 bits per heavy atom. The quantitative estimate of drug-likeness (QED) is 0.777. The SMILES string of the molecule is CCC(C)[C@H](N)C(=O)Nc1cc(C(=O)NC)ccc1Cl. The van der Waals surface area contributed by atoms with E-state index in [1.54, 1.807) is 12.1 Å². The lowest BCUT2D eigenvalue weighted by Gasteiger charge is -2.18. The van der Waals surface area contributed by atoms with Gasteiger partial charge >= 0.3 is 0 Å². The van der Waals surface area contributed by atoms with E-state index in [1.165, 1.54) is 13.1 Å². The van der Waals surface area contributed by atoms with Crippen LogP contribution in [0.4, 0.5) is 5.69 Å². The van der Waals surface area contributed by atoms with Gasteiger partial charge in [-0.25, -0.2) is 0 Å². The van der Waals surface area contributed by atoms with E-state index in [0.29, 0.717) is 16.3 Å². The molecule has 0 radical (unpaired) electrons. The Balaban J connectivity index is 2.91. The van der Waals surface area contributed by atoms with E-state index in [9.17, 15) is 9.59 Å². The predicted molar refractivity (Wildman–Crippen MR) is 80.9 cm³/mol. The molecule has 1 unspecified atom stereocenters. The zero-order chi connectivity index (χ0) is 15.3. The number of benzene rings is 1. The topological polar surface area (TPSA) is 84.2 Å². The summed E-state index contributed by atoms with van der Waals surface area (Å²) in [4.78, 5) is 23.6. The van der Waals surface area contributed by atoms with Gasteiger partial charge in [0.1, 0.15) is 0 Å². The second kappa shape index (κ2) is 7.26. The molecule has 0 aromatic heterocycles. The fourth-order valence-electron chi connectivity index (χ4n) is 1.64. The van der Waals surface area contributed by atoms with Gasteiger partial charge in [-0.05, 0) is 24.1 Å². The summed E-state index contributed by atoms with van der Waals surface area (Å²) in [5.41, 5.74) is 6.67. The van der Waals surface area contributed by atoms with Crippen LogP contribution >= 0.6 is 11.6 Å². The first-order chi connectivity index (χ1) is 9.40. The summed E-state index contributed by atoms with van der Waals surface area (Å²) in [6.07, 6.45) is 0.806. The Kier molecular flexibility index (Phi) is 5.98. The van der Waals surface area contributed by atoms with Gasteiger partial charge in [0.15, 0.2) is 0 Å². The van der Waals surface area contributed by atoms with Crippen LogP contribution in [0.25, 0.3) is 0 Å². The van der Waals surface area contributed by atoms with Crippen LogP contribution in [0.1, 0.15) is 30.6 Å². The van der Waals surface area contributed by atoms with Gasteiger partial charge in [0.2, 0.25) is 5.91 Å². The van der Waals surface area contributed by atoms with Crippen molar-refractivity contribution in [2.75, 3.05) is 12.4 Å². The minimum atomic E-state index is -0.611. The van der Waals surface area contributed by atoms with Gasteiger partial charge < -0.3 is 16.4 Å². The third-order valence-electron chi connectivity index (χ3n) is 3.27. The lowest BCUT2D eigenvalue weighted by Crippen LogP contribution is -2.40. The smallest absolute Gasteiger partial charge is 0.251 e. The molecule has 0 saturated heterocycles. The number of hydrogen-bond donors (Lipinski definition) is 3. The third-order valence-corrected chi connectivity index (χ3v) is 3.60. The van der Waals surface area contributed by atoms with Crippen LogP contribution in [0.2, 0.25) is 5.02 Å². The van der Waals surface area contributed by atoms with Gasteiger partial charge in [0, 0.05) is 12.6 Å². The van der Waals surface area contributed by atoms with Gasteiger partial charge in [-0.3, -0.25) is 9.59 Å². The number of amides is 2. The van der Waals surface area contributed by atoms with Crippen LogP contribution in [0, 0.1) is 5.92 Å². The van der Waals surface area contributed by atoms with Crippen molar-refractivity contribution in [2.24, 2.45) is 11.7 Å². The molecule has 2 atom stereocenters. The highest BCUT2D eigenvalue weighted by Gasteiger charge is 2.20. The molecule has 1 rings (SSSR count). The maximum atomic E-state index is 12.0. The number of nitrogens with two attached hydrogens (primary N) is 1. The molecule has 4 N–H and O–H groups in total. The van der Waals surface area contributed by atoms with Crippen molar-refractivity contribution >= 4 is 29.1 Å². The van der Waals surface area contributed by atoms with Crippen molar-refractivity contribution in [1.82, 2.24) is 5.32 Å². The normalized spacial score (nSPS) is 13.4. The van der Waals surface area contributed by atoms with Crippen molar-refractivity contribution in [3.8, 4) is 0 Å². The largest absolute Gasteiger partial charge is 0.355 e. The van der Waals surface area contributed by atoms with Crippen molar-refractivity contribution in [3.63, 3.8) is 0 Å². The molecule has 0 bridgehead atoms. The lowest BCUT2D eigenvalue weighted by molar-refractivity contribution is -0.118. The third kappa shape index (κ3) is 3.95. The average Bonchev–Trinajstić information content (AvgIpc) is 2.46. The maximum Gasteiger partial charge on any atom is 0.251 e. The standard InChI is InChI=1S/C14H20ClN3O2/c1-4-8(2)12(16)14(20)18-11-7-9(13(19)17-3)5-6-10(11)15/h5-8,12H,4,16H2,1-3H3,(H,17,19)(H,18,20)/t8?,12-/m0/s1. The number of anilines is 1. The van der Waals surface area contributed by atoms with Crippen molar-refractivity contribution < 1.29 is 9.59 Å². The van der Waals surface area contributed by atoms with E-state index in [0.717, 1.165) is 6.42 Å². The molecule has 0 spiro atoms. The van der Waals surface area contributed by atoms with Crippen molar-refractivity contribution in [1.29, 1.82) is 0 Å². The molecule has 20 heavy (non-hydrogen) atoms. The van der Waals surface area contributed by atoms with Crippen molar-refractivity contribution in [2.45, 2.75) is 26.3 Å². The first-order valence-electron chi connectivity index (χ1n) is 6.48. The molecule has 0 heterocycles. The van der Waals surface area contributed by atoms with Crippen LogP contribution in [0.3, 0.4) is 0 Å². The molecule has 0 aliphatic carbocycles. The molecule has 1 aromatic carbocycles. The molecule has 6 heteroatoms. The Labute approximate surface area is 123 Å². The fraction of sp³-hybridized carbons (Fsp3) is 0.429. The van der Waals surface area contributed by atoms with Gasteiger partial charge in [-0.2, -0.15) is 0 Å².